The van der Waals surface area contributed by atoms with Gasteiger partial charge in [0.2, 0.25) is 5.82 Å². The molecule has 33 heavy (non-hydrogen) atoms. The number of hydrogen-bond donors (Lipinski definition) is 1. The van der Waals surface area contributed by atoms with Crippen LogP contribution in [0, 0.1) is 5.92 Å². The first kappa shape index (κ1) is 23.4. The quantitative estimate of drug-likeness (QED) is 0.381. The third-order valence-electron chi connectivity index (χ3n) is 5.73. The second-order valence-electron chi connectivity index (χ2n) is 8.42. The number of hydrogen-bond acceptors (Lipinski definition) is 5. The van der Waals surface area contributed by atoms with Gasteiger partial charge in [0.05, 0.1) is 11.6 Å². The highest BCUT2D eigenvalue weighted by molar-refractivity contribution is 7.98. The van der Waals surface area contributed by atoms with E-state index < -0.39 is 6.04 Å². The van der Waals surface area contributed by atoms with Crippen molar-refractivity contribution < 1.29 is 9.32 Å². The second-order valence-corrected chi connectivity index (χ2v) is 9.74. The summed E-state index contributed by atoms with van der Waals surface area (Å²) in [7, 11) is 0. The van der Waals surface area contributed by atoms with Crippen LogP contribution in [0.15, 0.2) is 63.6 Å². The van der Waals surface area contributed by atoms with E-state index in [4.69, 9.17) is 21.1 Å². The van der Waals surface area contributed by atoms with Gasteiger partial charge in [0, 0.05) is 27.7 Å². The van der Waals surface area contributed by atoms with E-state index in [-0.39, 0.29) is 6.03 Å². The van der Waals surface area contributed by atoms with Gasteiger partial charge in [-0.25, -0.2) is 4.79 Å². The van der Waals surface area contributed by atoms with Crippen molar-refractivity contribution >= 4 is 35.0 Å². The Morgan fingerprint density at radius 1 is 1.15 bits per heavy atom. The van der Waals surface area contributed by atoms with E-state index in [9.17, 15) is 4.79 Å². The minimum absolute atomic E-state index is 0.135. The van der Waals surface area contributed by atoms with Crippen LogP contribution in [0.5, 0.6) is 0 Å². The summed E-state index contributed by atoms with van der Waals surface area (Å²) in [6.07, 6.45) is 2.93. The Labute approximate surface area is 203 Å². The normalized spacial score (nSPS) is 16.5. The Morgan fingerprint density at radius 2 is 1.85 bits per heavy atom. The van der Waals surface area contributed by atoms with Gasteiger partial charge < -0.3 is 9.84 Å². The van der Waals surface area contributed by atoms with Crippen LogP contribution < -0.4 is 5.32 Å². The zero-order valence-electron chi connectivity index (χ0n) is 19.1. The summed E-state index contributed by atoms with van der Waals surface area (Å²) >= 11 is 7.78. The van der Waals surface area contributed by atoms with Gasteiger partial charge in [-0.1, -0.05) is 42.7 Å². The lowest BCUT2D eigenvalue weighted by molar-refractivity contribution is 0.202. The molecule has 2 heterocycles. The van der Waals surface area contributed by atoms with Gasteiger partial charge in [0.1, 0.15) is 0 Å². The minimum Gasteiger partial charge on any atom is -0.334 e. The summed E-state index contributed by atoms with van der Waals surface area (Å²) in [5.74, 6) is 1.38. The number of halogens is 1. The Balaban J connectivity index is 1.76. The molecule has 0 saturated heterocycles. The van der Waals surface area contributed by atoms with Crippen LogP contribution in [0.1, 0.15) is 44.7 Å². The van der Waals surface area contributed by atoms with Gasteiger partial charge in [0.15, 0.2) is 0 Å². The zero-order chi connectivity index (χ0) is 23.5. The molecule has 3 aromatic rings. The molecule has 1 N–H and O–H groups in total. The summed E-state index contributed by atoms with van der Waals surface area (Å²) in [6, 6.07) is 14.9. The average Bonchev–Trinajstić information content (AvgIpc) is 3.28. The average molecular weight is 483 g/mol. The Hall–Kier alpha value is -2.77. The molecule has 6 nitrogen and oxygen atoms in total. The number of aromatic nitrogens is 2. The van der Waals surface area contributed by atoms with Gasteiger partial charge >= 0.3 is 6.03 Å². The van der Waals surface area contributed by atoms with E-state index in [0.717, 1.165) is 28.8 Å². The molecule has 1 aliphatic heterocycles. The molecule has 172 valence electrons. The maximum absolute atomic E-state index is 13.0. The number of rotatable bonds is 7. The van der Waals surface area contributed by atoms with Crippen LogP contribution in [-0.4, -0.2) is 33.9 Å². The Morgan fingerprint density at radius 3 is 2.48 bits per heavy atom. The van der Waals surface area contributed by atoms with Crippen molar-refractivity contribution in [3.05, 3.63) is 70.7 Å². The Bertz CT molecular complexity index is 1160. The lowest BCUT2D eigenvalue weighted by Crippen LogP contribution is -2.46. The fourth-order valence-electron chi connectivity index (χ4n) is 3.81. The highest BCUT2D eigenvalue weighted by atomic mass is 35.5. The third kappa shape index (κ3) is 5.09. The van der Waals surface area contributed by atoms with Gasteiger partial charge in [-0.3, -0.25) is 4.90 Å². The minimum atomic E-state index is -0.419. The molecule has 0 aliphatic carbocycles. The molecule has 1 aliphatic rings. The van der Waals surface area contributed by atoms with Crippen molar-refractivity contribution in [3.8, 4) is 11.4 Å². The first-order chi connectivity index (χ1) is 15.9. The number of nitrogens with one attached hydrogen (secondary N) is 1. The molecule has 0 spiro atoms. The predicted octanol–water partition coefficient (Wildman–Crippen LogP) is 6.66. The van der Waals surface area contributed by atoms with Crippen molar-refractivity contribution in [2.75, 3.05) is 12.8 Å². The third-order valence-corrected chi connectivity index (χ3v) is 6.73. The lowest BCUT2D eigenvalue weighted by atomic mass is 9.94. The van der Waals surface area contributed by atoms with E-state index in [0.29, 0.717) is 29.2 Å². The van der Waals surface area contributed by atoms with Crippen molar-refractivity contribution in [2.45, 2.75) is 38.1 Å². The molecule has 4 rings (SSSR count). The number of carbonyl (C=O) groups is 1. The maximum atomic E-state index is 13.0. The van der Waals surface area contributed by atoms with Crippen LogP contribution >= 0.6 is 23.4 Å². The SMILES string of the molecule is CSc1ccc(-c2noc(C3=C(C)N(CCC(C)C)C(=O)NC3c3ccc(Cl)cc3)n2)cc1. The molecule has 2 aromatic carbocycles. The van der Waals surface area contributed by atoms with Crippen LogP contribution in [0.3, 0.4) is 0 Å². The number of allylic oxidation sites excluding steroid dienone is 1. The summed E-state index contributed by atoms with van der Waals surface area (Å²) in [5.41, 5.74) is 3.38. The first-order valence-electron chi connectivity index (χ1n) is 10.9. The predicted molar refractivity (Wildman–Crippen MR) is 133 cm³/mol. The highest BCUT2D eigenvalue weighted by Gasteiger charge is 2.35. The van der Waals surface area contributed by atoms with E-state index >= 15 is 0 Å². The first-order valence-corrected chi connectivity index (χ1v) is 12.5. The van der Waals surface area contributed by atoms with Crippen LogP contribution in [0.25, 0.3) is 17.0 Å². The number of thioether (sulfide) groups is 1. The van der Waals surface area contributed by atoms with Crippen LogP contribution in [0.4, 0.5) is 4.79 Å². The summed E-state index contributed by atoms with van der Waals surface area (Å²) in [5, 5.41) is 7.99. The summed E-state index contributed by atoms with van der Waals surface area (Å²) < 4.78 is 5.74. The highest BCUT2D eigenvalue weighted by Crippen LogP contribution is 2.38. The standard InChI is InChI=1S/C25H27ClN4O2S/c1-15(2)13-14-30-16(3)21(22(27-25(30)31)17-5-9-19(26)10-6-17)24-28-23(29-32-24)18-7-11-20(33-4)12-8-18/h5-12,15,22H,13-14H2,1-4H3,(H,27,31). The molecule has 0 radical (unpaired) electrons. The number of urea groups is 1. The molecule has 1 unspecified atom stereocenters. The maximum Gasteiger partial charge on any atom is 0.322 e. The summed E-state index contributed by atoms with van der Waals surface area (Å²) in [4.78, 5) is 20.7. The van der Waals surface area contributed by atoms with Gasteiger partial charge in [-0.2, -0.15) is 4.98 Å². The van der Waals surface area contributed by atoms with E-state index in [2.05, 4.69) is 24.3 Å². The number of benzene rings is 2. The van der Waals surface area contributed by atoms with Crippen molar-refractivity contribution in [1.29, 1.82) is 0 Å². The van der Waals surface area contributed by atoms with Gasteiger partial charge in [0.25, 0.3) is 5.89 Å². The molecule has 1 atom stereocenters. The van der Waals surface area contributed by atoms with Gasteiger partial charge in [-0.15, -0.1) is 11.8 Å². The zero-order valence-corrected chi connectivity index (χ0v) is 20.7. The van der Waals surface area contributed by atoms with Crippen LogP contribution in [-0.2, 0) is 0 Å². The van der Waals surface area contributed by atoms with E-state index in [1.54, 1.807) is 16.7 Å². The topological polar surface area (TPSA) is 71.3 Å². The van der Waals surface area contributed by atoms with Crippen molar-refractivity contribution in [2.24, 2.45) is 5.92 Å². The molecular weight excluding hydrogens is 456 g/mol. The van der Waals surface area contributed by atoms with Crippen molar-refractivity contribution in [1.82, 2.24) is 20.4 Å². The Kier molecular flexibility index (Phi) is 7.10. The number of nitrogens with zero attached hydrogens (tertiary/aromatic N) is 3. The van der Waals surface area contributed by atoms with Gasteiger partial charge in [-0.05, 0) is 67.5 Å². The second kappa shape index (κ2) is 10.0. The van der Waals surface area contributed by atoms with Crippen molar-refractivity contribution in [3.63, 3.8) is 0 Å². The largest absolute Gasteiger partial charge is 0.334 e. The molecule has 0 fully saturated rings. The molecule has 0 saturated carbocycles. The molecule has 1 aromatic heterocycles. The molecule has 8 heteroatoms. The summed E-state index contributed by atoms with van der Waals surface area (Å²) in [6.45, 7) is 6.84. The molecule has 0 bridgehead atoms. The van der Waals surface area contributed by atoms with E-state index in [1.807, 2.05) is 61.7 Å². The lowest BCUT2D eigenvalue weighted by Gasteiger charge is -2.35. The van der Waals surface area contributed by atoms with Crippen LogP contribution in [0.2, 0.25) is 5.02 Å². The fourth-order valence-corrected chi connectivity index (χ4v) is 4.34. The molecular formula is C25H27ClN4O2S. The molecule has 2 amide bonds. The number of carbonyl (C=O) groups excluding carboxylic acids is 1. The monoisotopic (exact) mass is 482 g/mol. The fraction of sp³-hybridized carbons (Fsp3) is 0.320. The number of amides is 2. The van der Waals surface area contributed by atoms with E-state index in [1.165, 1.54) is 4.90 Å². The smallest absolute Gasteiger partial charge is 0.322 e.